The van der Waals surface area contributed by atoms with E-state index in [1.165, 1.54) is 24.9 Å². The molecule has 1 fully saturated rings. The van der Waals surface area contributed by atoms with Gasteiger partial charge in [-0.1, -0.05) is 12.1 Å². The van der Waals surface area contributed by atoms with Crippen molar-refractivity contribution in [3.63, 3.8) is 0 Å². The molecule has 3 rings (SSSR count). The van der Waals surface area contributed by atoms with Crippen LogP contribution in [0.3, 0.4) is 0 Å². The fourth-order valence-corrected chi connectivity index (χ4v) is 2.78. The summed E-state index contributed by atoms with van der Waals surface area (Å²) in [6.07, 6.45) is 6.26. The van der Waals surface area contributed by atoms with Gasteiger partial charge in [0.05, 0.1) is 5.69 Å². The molecule has 100 valence electrons. The summed E-state index contributed by atoms with van der Waals surface area (Å²) < 4.78 is 1.88. The molecule has 0 spiro atoms. The van der Waals surface area contributed by atoms with Crippen LogP contribution in [-0.2, 0) is 6.54 Å². The summed E-state index contributed by atoms with van der Waals surface area (Å²) in [5.41, 5.74) is 8.26. The quantitative estimate of drug-likeness (QED) is 0.907. The molecule has 1 unspecified atom stereocenters. The molecule has 0 bridgehead atoms. The molecule has 0 amide bonds. The minimum Gasteiger partial charge on any atom is -0.329 e. The van der Waals surface area contributed by atoms with E-state index in [0.717, 1.165) is 18.8 Å². The molecule has 1 atom stereocenters. The van der Waals surface area contributed by atoms with Crippen LogP contribution >= 0.6 is 0 Å². The smallest absolute Gasteiger partial charge is 0.0645 e. The van der Waals surface area contributed by atoms with Crippen LogP contribution in [-0.4, -0.2) is 33.8 Å². The molecule has 1 aromatic carbocycles. The van der Waals surface area contributed by atoms with Gasteiger partial charge in [-0.25, -0.2) is 4.68 Å². The molecule has 0 saturated carbocycles. The summed E-state index contributed by atoms with van der Waals surface area (Å²) in [7, 11) is 0. The van der Waals surface area contributed by atoms with Gasteiger partial charge in [0.25, 0.3) is 0 Å². The molecular formula is C15H20N4. The van der Waals surface area contributed by atoms with Gasteiger partial charge in [0.1, 0.15) is 0 Å². The Morgan fingerprint density at radius 3 is 2.79 bits per heavy atom. The van der Waals surface area contributed by atoms with E-state index in [9.17, 15) is 0 Å². The topological polar surface area (TPSA) is 47.1 Å². The lowest BCUT2D eigenvalue weighted by molar-refractivity contribution is 0.250. The molecule has 1 aromatic heterocycles. The zero-order valence-corrected chi connectivity index (χ0v) is 11.1. The Balaban J connectivity index is 1.69. The van der Waals surface area contributed by atoms with Gasteiger partial charge in [-0.3, -0.25) is 4.90 Å². The predicted molar refractivity (Wildman–Crippen MR) is 76.1 cm³/mol. The number of nitrogens with two attached hydrogens (primary N) is 1. The van der Waals surface area contributed by atoms with Crippen molar-refractivity contribution in [1.29, 1.82) is 0 Å². The molecule has 1 aliphatic heterocycles. The van der Waals surface area contributed by atoms with Crippen LogP contribution in [0.5, 0.6) is 0 Å². The lowest BCUT2D eigenvalue weighted by Crippen LogP contribution is -2.34. The van der Waals surface area contributed by atoms with Crippen LogP contribution in [0.15, 0.2) is 42.7 Å². The van der Waals surface area contributed by atoms with E-state index in [1.54, 1.807) is 6.20 Å². The summed E-state index contributed by atoms with van der Waals surface area (Å²) in [6.45, 7) is 2.94. The zero-order valence-electron chi connectivity index (χ0n) is 11.1. The SMILES string of the molecule is NCC1CCCN1Cc1ccc(-n2cccn2)cc1. The summed E-state index contributed by atoms with van der Waals surface area (Å²) >= 11 is 0. The lowest BCUT2D eigenvalue weighted by atomic mass is 10.1. The molecule has 2 heterocycles. The first-order valence-corrected chi connectivity index (χ1v) is 6.90. The van der Waals surface area contributed by atoms with Crippen LogP contribution in [0.4, 0.5) is 0 Å². The number of rotatable bonds is 4. The van der Waals surface area contributed by atoms with Crippen molar-refractivity contribution in [3.05, 3.63) is 48.3 Å². The number of nitrogens with zero attached hydrogens (tertiary/aromatic N) is 3. The molecule has 4 heteroatoms. The van der Waals surface area contributed by atoms with Gasteiger partial charge in [0.2, 0.25) is 0 Å². The maximum absolute atomic E-state index is 5.81. The first-order chi connectivity index (χ1) is 9.36. The normalized spacial score (nSPS) is 19.9. The summed E-state index contributed by atoms with van der Waals surface area (Å²) in [5, 5.41) is 4.23. The molecule has 4 nitrogen and oxygen atoms in total. The molecule has 19 heavy (non-hydrogen) atoms. The second kappa shape index (κ2) is 5.55. The minimum absolute atomic E-state index is 0.561. The Morgan fingerprint density at radius 2 is 2.11 bits per heavy atom. The Bertz CT molecular complexity index is 503. The third kappa shape index (κ3) is 2.69. The van der Waals surface area contributed by atoms with E-state index in [4.69, 9.17) is 5.73 Å². The number of benzene rings is 1. The summed E-state index contributed by atoms with van der Waals surface area (Å²) in [6, 6.07) is 11.1. The van der Waals surface area contributed by atoms with Crippen molar-refractivity contribution in [2.45, 2.75) is 25.4 Å². The van der Waals surface area contributed by atoms with Gasteiger partial charge in [-0.05, 0) is 43.1 Å². The van der Waals surface area contributed by atoms with Crippen LogP contribution in [0.25, 0.3) is 5.69 Å². The highest BCUT2D eigenvalue weighted by atomic mass is 15.3. The van der Waals surface area contributed by atoms with Crippen molar-refractivity contribution in [3.8, 4) is 5.69 Å². The standard InChI is InChI=1S/C15H20N4/c16-11-15-3-1-9-18(15)12-13-4-6-14(7-5-13)19-10-2-8-17-19/h2,4-8,10,15H,1,3,9,11-12,16H2. The van der Waals surface area contributed by atoms with E-state index in [-0.39, 0.29) is 0 Å². The van der Waals surface area contributed by atoms with Crippen molar-refractivity contribution in [2.75, 3.05) is 13.1 Å². The molecule has 0 aliphatic carbocycles. The van der Waals surface area contributed by atoms with E-state index < -0.39 is 0 Å². The van der Waals surface area contributed by atoms with Gasteiger partial charge in [-0.15, -0.1) is 0 Å². The van der Waals surface area contributed by atoms with Crippen molar-refractivity contribution in [2.24, 2.45) is 5.73 Å². The minimum atomic E-state index is 0.561. The van der Waals surface area contributed by atoms with Gasteiger partial charge >= 0.3 is 0 Å². The summed E-state index contributed by atoms with van der Waals surface area (Å²) in [4.78, 5) is 2.49. The van der Waals surface area contributed by atoms with E-state index in [0.29, 0.717) is 6.04 Å². The van der Waals surface area contributed by atoms with E-state index >= 15 is 0 Å². The van der Waals surface area contributed by atoms with Crippen molar-refractivity contribution in [1.82, 2.24) is 14.7 Å². The second-order valence-electron chi connectivity index (χ2n) is 5.12. The number of likely N-dealkylation sites (tertiary alicyclic amines) is 1. The Kier molecular flexibility index (Phi) is 3.62. The van der Waals surface area contributed by atoms with E-state index in [1.807, 2.05) is 16.9 Å². The first-order valence-electron chi connectivity index (χ1n) is 6.90. The molecule has 1 saturated heterocycles. The fraction of sp³-hybridized carbons (Fsp3) is 0.400. The van der Waals surface area contributed by atoms with Gasteiger partial charge < -0.3 is 5.73 Å². The third-order valence-corrected chi connectivity index (χ3v) is 3.86. The molecule has 0 radical (unpaired) electrons. The van der Waals surface area contributed by atoms with Gasteiger partial charge in [0, 0.05) is 31.5 Å². The van der Waals surface area contributed by atoms with Crippen LogP contribution in [0, 0.1) is 0 Å². The molecular weight excluding hydrogens is 236 g/mol. The Labute approximate surface area is 113 Å². The molecule has 2 N–H and O–H groups in total. The highest BCUT2D eigenvalue weighted by molar-refractivity contribution is 5.33. The number of hydrogen-bond donors (Lipinski definition) is 1. The van der Waals surface area contributed by atoms with Crippen LogP contribution < -0.4 is 5.73 Å². The summed E-state index contributed by atoms with van der Waals surface area (Å²) in [5.74, 6) is 0. The lowest BCUT2D eigenvalue weighted by Gasteiger charge is -2.23. The maximum Gasteiger partial charge on any atom is 0.0645 e. The highest BCUT2D eigenvalue weighted by Gasteiger charge is 2.22. The number of aromatic nitrogens is 2. The average molecular weight is 256 g/mol. The zero-order chi connectivity index (χ0) is 13.1. The van der Waals surface area contributed by atoms with Crippen LogP contribution in [0.2, 0.25) is 0 Å². The number of hydrogen-bond acceptors (Lipinski definition) is 3. The fourth-order valence-electron chi connectivity index (χ4n) is 2.78. The highest BCUT2D eigenvalue weighted by Crippen LogP contribution is 2.19. The van der Waals surface area contributed by atoms with Gasteiger partial charge in [0.15, 0.2) is 0 Å². The predicted octanol–water partition coefficient (Wildman–Crippen LogP) is 1.80. The maximum atomic E-state index is 5.81. The van der Waals surface area contributed by atoms with Crippen molar-refractivity contribution >= 4 is 0 Å². The first kappa shape index (κ1) is 12.4. The molecule has 2 aromatic rings. The van der Waals surface area contributed by atoms with E-state index in [2.05, 4.69) is 34.3 Å². The molecule has 1 aliphatic rings. The van der Waals surface area contributed by atoms with Gasteiger partial charge in [-0.2, -0.15) is 5.10 Å². The Morgan fingerprint density at radius 1 is 1.26 bits per heavy atom. The Hall–Kier alpha value is -1.65. The second-order valence-corrected chi connectivity index (χ2v) is 5.12. The monoisotopic (exact) mass is 256 g/mol. The largest absolute Gasteiger partial charge is 0.329 e. The van der Waals surface area contributed by atoms with Crippen LogP contribution in [0.1, 0.15) is 18.4 Å². The third-order valence-electron chi connectivity index (χ3n) is 3.86. The average Bonchev–Trinajstić information content (AvgIpc) is 3.10. The van der Waals surface area contributed by atoms with Crippen molar-refractivity contribution < 1.29 is 0 Å².